The molecule has 1 aromatic rings. The van der Waals surface area contributed by atoms with Crippen LogP contribution in [0.3, 0.4) is 0 Å². The summed E-state index contributed by atoms with van der Waals surface area (Å²) in [4.78, 5) is 22.6. The average molecular weight is 266 g/mol. The van der Waals surface area contributed by atoms with E-state index in [9.17, 15) is 9.59 Å². The van der Waals surface area contributed by atoms with Crippen molar-refractivity contribution in [3.05, 3.63) is 23.8 Å². The van der Waals surface area contributed by atoms with Gasteiger partial charge in [-0.05, 0) is 38.5 Å². The number of amides is 2. The molecule has 0 aliphatic carbocycles. The predicted molar refractivity (Wildman–Crippen MR) is 72.4 cm³/mol. The average Bonchev–Trinajstić information content (AvgIpc) is 2.32. The number of hydrogen-bond acceptors (Lipinski definition) is 4. The molecular formula is C13H18N2O4. The molecule has 0 aliphatic heterocycles. The Morgan fingerprint density at radius 3 is 2.42 bits per heavy atom. The van der Waals surface area contributed by atoms with Gasteiger partial charge >= 0.3 is 12.2 Å². The first kappa shape index (κ1) is 14.8. The molecule has 0 bridgehead atoms. The van der Waals surface area contributed by atoms with Gasteiger partial charge in [0.2, 0.25) is 0 Å². The number of carbonyl (C=O) groups is 2. The molecule has 0 spiro atoms. The van der Waals surface area contributed by atoms with Gasteiger partial charge in [0, 0.05) is 11.4 Å². The van der Waals surface area contributed by atoms with Crippen molar-refractivity contribution in [1.82, 2.24) is 0 Å². The topological polar surface area (TPSA) is 76.7 Å². The molecule has 0 atom stereocenters. The second-order valence-electron chi connectivity index (χ2n) is 4.23. The maximum absolute atomic E-state index is 11.5. The van der Waals surface area contributed by atoms with Crippen molar-refractivity contribution in [2.45, 2.75) is 26.9 Å². The Labute approximate surface area is 112 Å². The number of ether oxygens (including phenoxy) is 2. The minimum Gasteiger partial charge on any atom is -0.453 e. The number of carbonyl (C=O) groups excluding carboxylic acids is 2. The quantitative estimate of drug-likeness (QED) is 0.881. The van der Waals surface area contributed by atoms with Crippen LogP contribution in [-0.2, 0) is 9.47 Å². The second kappa shape index (κ2) is 6.63. The number of benzene rings is 1. The standard InChI is InChI=1S/C13H18N2O4/c1-8(2)19-13(17)14-10-6-5-9(3)11(7-10)15-12(16)18-4/h5-8H,1-4H3,(H,14,17)(H,15,16). The lowest BCUT2D eigenvalue weighted by molar-refractivity contribution is 0.130. The highest BCUT2D eigenvalue weighted by molar-refractivity contribution is 5.89. The van der Waals surface area contributed by atoms with E-state index >= 15 is 0 Å². The first-order valence-corrected chi connectivity index (χ1v) is 5.85. The van der Waals surface area contributed by atoms with Gasteiger partial charge in [-0.2, -0.15) is 0 Å². The van der Waals surface area contributed by atoms with E-state index in [4.69, 9.17) is 4.74 Å². The van der Waals surface area contributed by atoms with E-state index in [2.05, 4.69) is 15.4 Å². The Morgan fingerprint density at radius 1 is 1.16 bits per heavy atom. The lowest BCUT2D eigenvalue weighted by Crippen LogP contribution is -2.18. The van der Waals surface area contributed by atoms with Gasteiger partial charge in [-0.1, -0.05) is 6.07 Å². The van der Waals surface area contributed by atoms with Crippen LogP contribution in [0.5, 0.6) is 0 Å². The van der Waals surface area contributed by atoms with Crippen molar-refractivity contribution >= 4 is 23.6 Å². The van der Waals surface area contributed by atoms with Crippen LogP contribution in [0.15, 0.2) is 18.2 Å². The lowest BCUT2D eigenvalue weighted by Gasteiger charge is -2.12. The molecule has 0 unspecified atom stereocenters. The monoisotopic (exact) mass is 266 g/mol. The second-order valence-corrected chi connectivity index (χ2v) is 4.23. The minimum atomic E-state index is -0.565. The van der Waals surface area contributed by atoms with Crippen LogP contribution in [0.25, 0.3) is 0 Å². The van der Waals surface area contributed by atoms with Gasteiger partial charge in [-0.25, -0.2) is 9.59 Å². The Balaban J connectivity index is 2.78. The number of rotatable bonds is 3. The summed E-state index contributed by atoms with van der Waals surface area (Å²) in [7, 11) is 1.28. The van der Waals surface area contributed by atoms with E-state index in [1.54, 1.807) is 32.0 Å². The maximum atomic E-state index is 11.5. The minimum absolute atomic E-state index is 0.196. The fourth-order valence-electron chi connectivity index (χ4n) is 1.36. The predicted octanol–water partition coefficient (Wildman–Crippen LogP) is 3.13. The molecule has 6 heteroatoms. The number of hydrogen-bond donors (Lipinski definition) is 2. The zero-order valence-corrected chi connectivity index (χ0v) is 11.4. The smallest absolute Gasteiger partial charge is 0.411 e. The summed E-state index contributed by atoms with van der Waals surface area (Å²) in [5.41, 5.74) is 1.95. The summed E-state index contributed by atoms with van der Waals surface area (Å²) >= 11 is 0. The molecule has 19 heavy (non-hydrogen) atoms. The third-order valence-corrected chi connectivity index (χ3v) is 2.25. The first-order valence-electron chi connectivity index (χ1n) is 5.85. The molecular weight excluding hydrogens is 248 g/mol. The van der Waals surface area contributed by atoms with E-state index in [0.29, 0.717) is 11.4 Å². The fraction of sp³-hybridized carbons (Fsp3) is 0.385. The highest BCUT2D eigenvalue weighted by atomic mass is 16.6. The molecule has 0 aromatic heterocycles. The third-order valence-electron chi connectivity index (χ3n) is 2.25. The Kier molecular flexibility index (Phi) is 5.17. The van der Waals surface area contributed by atoms with Gasteiger partial charge in [0.05, 0.1) is 13.2 Å². The van der Waals surface area contributed by atoms with Crippen LogP contribution in [-0.4, -0.2) is 25.4 Å². The summed E-state index contributed by atoms with van der Waals surface area (Å²) < 4.78 is 9.49. The summed E-state index contributed by atoms with van der Waals surface area (Å²) in [5, 5.41) is 5.14. The molecule has 6 nitrogen and oxygen atoms in total. The Hall–Kier alpha value is -2.24. The van der Waals surface area contributed by atoms with Crippen molar-refractivity contribution in [3.63, 3.8) is 0 Å². The van der Waals surface area contributed by atoms with E-state index < -0.39 is 12.2 Å². The molecule has 2 N–H and O–H groups in total. The molecule has 1 rings (SSSR count). The first-order chi connectivity index (χ1) is 8.92. The van der Waals surface area contributed by atoms with Gasteiger partial charge in [-0.3, -0.25) is 10.6 Å². The third kappa shape index (κ3) is 4.87. The summed E-state index contributed by atoms with van der Waals surface area (Å²) in [6, 6.07) is 5.13. The Morgan fingerprint density at radius 2 is 1.84 bits per heavy atom. The largest absolute Gasteiger partial charge is 0.453 e. The SMILES string of the molecule is COC(=O)Nc1cc(NC(=O)OC(C)C)ccc1C. The van der Waals surface area contributed by atoms with Crippen molar-refractivity contribution < 1.29 is 19.1 Å². The molecule has 2 amide bonds. The summed E-state index contributed by atoms with van der Waals surface area (Å²) in [6.07, 6.45) is -1.30. The van der Waals surface area contributed by atoms with Gasteiger partial charge in [0.25, 0.3) is 0 Å². The lowest BCUT2D eigenvalue weighted by atomic mass is 10.2. The van der Waals surface area contributed by atoms with Crippen LogP contribution in [0, 0.1) is 6.92 Å². The molecule has 0 fully saturated rings. The van der Waals surface area contributed by atoms with E-state index in [1.165, 1.54) is 7.11 Å². The van der Waals surface area contributed by atoms with E-state index in [1.807, 2.05) is 6.92 Å². The normalized spacial score (nSPS) is 9.95. The molecule has 0 heterocycles. The van der Waals surface area contributed by atoms with Crippen LogP contribution < -0.4 is 10.6 Å². The highest BCUT2D eigenvalue weighted by Crippen LogP contribution is 2.20. The molecule has 0 saturated carbocycles. The van der Waals surface area contributed by atoms with Gasteiger partial charge in [0.15, 0.2) is 0 Å². The summed E-state index contributed by atoms with van der Waals surface area (Å²) in [5.74, 6) is 0. The van der Waals surface area contributed by atoms with Crippen LogP contribution in [0.1, 0.15) is 19.4 Å². The molecule has 0 saturated heterocycles. The van der Waals surface area contributed by atoms with Crippen LogP contribution >= 0.6 is 0 Å². The van der Waals surface area contributed by atoms with Gasteiger partial charge in [0.1, 0.15) is 0 Å². The molecule has 0 radical (unpaired) electrons. The van der Waals surface area contributed by atoms with Crippen LogP contribution in [0.4, 0.5) is 21.0 Å². The highest BCUT2D eigenvalue weighted by Gasteiger charge is 2.09. The number of nitrogens with one attached hydrogen (secondary N) is 2. The van der Waals surface area contributed by atoms with Gasteiger partial charge in [-0.15, -0.1) is 0 Å². The van der Waals surface area contributed by atoms with E-state index in [0.717, 1.165) is 5.56 Å². The molecule has 1 aromatic carbocycles. The molecule has 104 valence electrons. The van der Waals surface area contributed by atoms with Gasteiger partial charge < -0.3 is 9.47 Å². The Bertz CT molecular complexity index is 472. The number of aryl methyl sites for hydroxylation is 1. The zero-order valence-electron chi connectivity index (χ0n) is 11.4. The maximum Gasteiger partial charge on any atom is 0.411 e. The van der Waals surface area contributed by atoms with Crippen molar-refractivity contribution in [1.29, 1.82) is 0 Å². The summed E-state index contributed by atoms with van der Waals surface area (Å²) in [6.45, 7) is 5.36. The number of anilines is 2. The van der Waals surface area contributed by atoms with Crippen molar-refractivity contribution in [3.8, 4) is 0 Å². The van der Waals surface area contributed by atoms with E-state index in [-0.39, 0.29) is 6.10 Å². The zero-order chi connectivity index (χ0) is 14.4. The van der Waals surface area contributed by atoms with Crippen molar-refractivity contribution in [2.24, 2.45) is 0 Å². The number of methoxy groups -OCH3 is 1. The van der Waals surface area contributed by atoms with Crippen molar-refractivity contribution in [2.75, 3.05) is 17.7 Å². The fourth-order valence-corrected chi connectivity index (χ4v) is 1.36. The van der Waals surface area contributed by atoms with Crippen LogP contribution in [0.2, 0.25) is 0 Å². The molecule has 0 aliphatic rings.